The molecular formula is C14H27N3O3. The van der Waals surface area contributed by atoms with E-state index in [0.717, 1.165) is 38.9 Å². The van der Waals surface area contributed by atoms with Crippen LogP contribution in [0.1, 0.15) is 25.7 Å². The van der Waals surface area contributed by atoms with Gasteiger partial charge in [0.15, 0.2) is 0 Å². The van der Waals surface area contributed by atoms with Crippen molar-refractivity contribution in [2.45, 2.75) is 25.7 Å². The van der Waals surface area contributed by atoms with Crippen LogP contribution in [0.5, 0.6) is 0 Å². The number of piperidine rings is 1. The van der Waals surface area contributed by atoms with Crippen molar-refractivity contribution in [3.63, 3.8) is 0 Å². The number of urea groups is 1. The molecule has 0 radical (unpaired) electrons. The van der Waals surface area contributed by atoms with Gasteiger partial charge in [-0.2, -0.15) is 0 Å². The van der Waals surface area contributed by atoms with Gasteiger partial charge in [-0.3, -0.25) is 4.79 Å². The van der Waals surface area contributed by atoms with Crippen molar-refractivity contribution in [2.24, 2.45) is 5.92 Å². The quantitative estimate of drug-likeness (QED) is 0.796. The molecule has 1 N–H and O–H groups in total. The Morgan fingerprint density at radius 1 is 1.25 bits per heavy atom. The van der Waals surface area contributed by atoms with E-state index in [2.05, 4.69) is 4.90 Å². The van der Waals surface area contributed by atoms with Crippen LogP contribution in [0.2, 0.25) is 0 Å². The van der Waals surface area contributed by atoms with Gasteiger partial charge < -0.3 is 19.8 Å². The molecule has 2 amide bonds. The second-order valence-corrected chi connectivity index (χ2v) is 5.91. The molecule has 6 heteroatoms. The highest BCUT2D eigenvalue weighted by atomic mass is 16.4. The number of carbonyl (C=O) groups excluding carboxylic acids is 1. The fourth-order valence-corrected chi connectivity index (χ4v) is 2.61. The van der Waals surface area contributed by atoms with E-state index in [1.807, 2.05) is 21.1 Å². The third-order valence-corrected chi connectivity index (χ3v) is 3.68. The molecule has 6 nitrogen and oxygen atoms in total. The van der Waals surface area contributed by atoms with Crippen molar-refractivity contribution in [3.8, 4) is 0 Å². The molecule has 20 heavy (non-hydrogen) atoms. The maximum Gasteiger partial charge on any atom is 0.319 e. The molecule has 0 aromatic carbocycles. The third kappa shape index (κ3) is 5.77. The summed E-state index contributed by atoms with van der Waals surface area (Å²) < 4.78 is 0. The smallest absolute Gasteiger partial charge is 0.319 e. The summed E-state index contributed by atoms with van der Waals surface area (Å²) in [6.45, 7) is 3.01. The normalized spacial score (nSPS) is 19.2. The summed E-state index contributed by atoms with van der Waals surface area (Å²) in [5.41, 5.74) is 0. The van der Waals surface area contributed by atoms with Crippen LogP contribution in [0.25, 0.3) is 0 Å². The maximum absolute atomic E-state index is 12.3. The van der Waals surface area contributed by atoms with Crippen LogP contribution in [-0.4, -0.2) is 79.1 Å². The van der Waals surface area contributed by atoms with Gasteiger partial charge in [-0.1, -0.05) is 0 Å². The molecule has 1 atom stereocenters. The molecule has 1 aliphatic rings. The summed E-state index contributed by atoms with van der Waals surface area (Å²) in [5, 5.41) is 8.85. The first-order valence-electron chi connectivity index (χ1n) is 7.26. The second kappa shape index (κ2) is 8.09. The fraction of sp³-hybridized carbons (Fsp3) is 0.857. The summed E-state index contributed by atoms with van der Waals surface area (Å²) in [5.74, 6) is -0.677. The molecule has 1 fully saturated rings. The topological polar surface area (TPSA) is 64.1 Å². The van der Waals surface area contributed by atoms with Gasteiger partial charge in [0.2, 0.25) is 0 Å². The van der Waals surface area contributed by atoms with Gasteiger partial charge in [-0.25, -0.2) is 4.79 Å². The maximum atomic E-state index is 12.3. The SMILES string of the molecule is CN(C)CCCN(C)C(=O)N1CCCC(CC(=O)O)C1. The van der Waals surface area contributed by atoms with Crippen molar-refractivity contribution >= 4 is 12.0 Å². The van der Waals surface area contributed by atoms with Gasteiger partial charge >= 0.3 is 12.0 Å². The molecule has 0 bridgehead atoms. The molecule has 0 aromatic rings. The molecule has 1 rings (SSSR count). The Hall–Kier alpha value is -1.30. The van der Waals surface area contributed by atoms with Gasteiger partial charge in [0.25, 0.3) is 0 Å². The lowest BCUT2D eigenvalue weighted by Crippen LogP contribution is -2.47. The number of hydrogen-bond donors (Lipinski definition) is 1. The molecule has 0 saturated carbocycles. The standard InChI is InChI=1S/C14H27N3O3/c1-15(2)7-5-8-16(3)14(20)17-9-4-6-12(11-17)10-13(18)19/h12H,4-11H2,1-3H3,(H,18,19). The second-order valence-electron chi connectivity index (χ2n) is 5.91. The van der Waals surface area contributed by atoms with Crippen LogP contribution in [0.3, 0.4) is 0 Å². The van der Waals surface area contributed by atoms with E-state index in [1.165, 1.54) is 0 Å². The van der Waals surface area contributed by atoms with Crippen LogP contribution in [-0.2, 0) is 4.79 Å². The first-order chi connectivity index (χ1) is 9.40. The zero-order valence-corrected chi connectivity index (χ0v) is 12.8. The Morgan fingerprint density at radius 2 is 1.95 bits per heavy atom. The van der Waals surface area contributed by atoms with Gasteiger partial charge in [-0.15, -0.1) is 0 Å². The average Bonchev–Trinajstić information content (AvgIpc) is 2.36. The van der Waals surface area contributed by atoms with E-state index in [1.54, 1.807) is 9.80 Å². The van der Waals surface area contributed by atoms with Crippen molar-refractivity contribution in [1.82, 2.24) is 14.7 Å². The van der Waals surface area contributed by atoms with Gasteiger partial charge in [0, 0.05) is 33.1 Å². The number of aliphatic carboxylic acids is 1. The number of carboxylic acid groups (broad SMARTS) is 1. The fourth-order valence-electron chi connectivity index (χ4n) is 2.61. The van der Waals surface area contributed by atoms with Crippen LogP contribution >= 0.6 is 0 Å². The van der Waals surface area contributed by atoms with E-state index < -0.39 is 5.97 Å². The number of carboxylic acids is 1. The summed E-state index contributed by atoms with van der Waals surface area (Å²) in [6, 6.07) is 0.0267. The predicted octanol–water partition coefficient (Wildman–Crippen LogP) is 1.18. The van der Waals surface area contributed by atoms with Crippen molar-refractivity contribution < 1.29 is 14.7 Å². The summed E-state index contributed by atoms with van der Waals surface area (Å²) >= 11 is 0. The number of amides is 2. The van der Waals surface area contributed by atoms with Crippen molar-refractivity contribution in [3.05, 3.63) is 0 Å². The number of rotatable bonds is 6. The average molecular weight is 285 g/mol. The molecule has 0 aliphatic carbocycles. The zero-order chi connectivity index (χ0) is 15.1. The Morgan fingerprint density at radius 3 is 2.55 bits per heavy atom. The zero-order valence-electron chi connectivity index (χ0n) is 12.8. The van der Waals surface area contributed by atoms with Gasteiger partial charge in [-0.05, 0) is 45.8 Å². The Balaban J connectivity index is 2.39. The summed E-state index contributed by atoms with van der Waals surface area (Å²) in [6.07, 6.45) is 2.91. The van der Waals surface area contributed by atoms with E-state index in [0.29, 0.717) is 6.54 Å². The number of nitrogens with zero attached hydrogens (tertiary/aromatic N) is 3. The highest BCUT2D eigenvalue weighted by molar-refractivity contribution is 5.74. The van der Waals surface area contributed by atoms with E-state index in [-0.39, 0.29) is 18.4 Å². The first kappa shape index (κ1) is 16.8. The minimum Gasteiger partial charge on any atom is -0.481 e. The monoisotopic (exact) mass is 285 g/mol. The van der Waals surface area contributed by atoms with E-state index in [4.69, 9.17) is 5.11 Å². The molecule has 1 aliphatic heterocycles. The van der Waals surface area contributed by atoms with Crippen molar-refractivity contribution in [1.29, 1.82) is 0 Å². The number of likely N-dealkylation sites (tertiary alicyclic amines) is 1. The number of hydrogen-bond acceptors (Lipinski definition) is 3. The molecule has 0 spiro atoms. The van der Waals surface area contributed by atoms with Crippen LogP contribution in [0.4, 0.5) is 4.79 Å². The lowest BCUT2D eigenvalue weighted by molar-refractivity contribution is -0.138. The summed E-state index contributed by atoms with van der Waals surface area (Å²) in [4.78, 5) is 28.7. The number of carbonyl (C=O) groups is 2. The lowest BCUT2D eigenvalue weighted by atomic mass is 9.95. The Bertz CT molecular complexity index is 334. The highest BCUT2D eigenvalue weighted by Gasteiger charge is 2.26. The molecule has 1 unspecified atom stereocenters. The third-order valence-electron chi connectivity index (χ3n) is 3.68. The molecule has 1 saturated heterocycles. The van der Waals surface area contributed by atoms with E-state index in [9.17, 15) is 9.59 Å². The first-order valence-corrected chi connectivity index (χ1v) is 7.26. The van der Waals surface area contributed by atoms with Crippen LogP contribution in [0, 0.1) is 5.92 Å². The predicted molar refractivity (Wildman–Crippen MR) is 77.7 cm³/mol. The lowest BCUT2D eigenvalue weighted by Gasteiger charge is -2.35. The summed E-state index contributed by atoms with van der Waals surface area (Å²) in [7, 11) is 5.85. The van der Waals surface area contributed by atoms with Gasteiger partial charge in [0.1, 0.15) is 0 Å². The Kier molecular flexibility index (Phi) is 6.78. The van der Waals surface area contributed by atoms with Crippen molar-refractivity contribution in [2.75, 3.05) is 47.3 Å². The van der Waals surface area contributed by atoms with Gasteiger partial charge in [0.05, 0.1) is 0 Å². The van der Waals surface area contributed by atoms with E-state index >= 15 is 0 Å². The highest BCUT2D eigenvalue weighted by Crippen LogP contribution is 2.20. The molecule has 0 aromatic heterocycles. The minimum absolute atomic E-state index is 0.0267. The Labute approximate surface area is 121 Å². The molecule has 116 valence electrons. The molecule has 1 heterocycles. The largest absolute Gasteiger partial charge is 0.481 e. The molecular weight excluding hydrogens is 258 g/mol. The van der Waals surface area contributed by atoms with Crippen LogP contribution < -0.4 is 0 Å². The minimum atomic E-state index is -0.774. The van der Waals surface area contributed by atoms with Crippen LogP contribution in [0.15, 0.2) is 0 Å².